The van der Waals surface area contributed by atoms with Crippen LogP contribution in [0, 0.1) is 0 Å². The molecule has 150 valence electrons. The van der Waals surface area contributed by atoms with Crippen molar-refractivity contribution in [2.24, 2.45) is 0 Å². The van der Waals surface area contributed by atoms with E-state index in [4.69, 9.17) is 9.97 Å². The maximum Gasteiger partial charge on any atom is 0.229 e. The van der Waals surface area contributed by atoms with Gasteiger partial charge in [0, 0.05) is 35.5 Å². The molecule has 1 aliphatic heterocycles. The number of para-hydroxylation sites is 2. The van der Waals surface area contributed by atoms with Gasteiger partial charge in [0.25, 0.3) is 0 Å². The molecule has 0 saturated carbocycles. The molecule has 0 aliphatic carbocycles. The first-order valence-corrected chi connectivity index (χ1v) is 10.6. The van der Waals surface area contributed by atoms with E-state index in [1.54, 1.807) is 0 Å². The first kappa shape index (κ1) is 18.4. The monoisotopic (exact) mass is 395 g/mol. The van der Waals surface area contributed by atoms with E-state index in [1.807, 2.05) is 54.6 Å². The Morgan fingerprint density at radius 3 is 2.13 bits per heavy atom. The SMILES string of the molecule is c1ccc(Nc2nc(Nc3ccc(N4CCCCC4)cc3)nc3ccccc23)cc1. The van der Waals surface area contributed by atoms with E-state index < -0.39 is 0 Å². The fourth-order valence-electron chi connectivity index (χ4n) is 3.92. The van der Waals surface area contributed by atoms with Crippen LogP contribution >= 0.6 is 0 Å². The molecule has 0 atom stereocenters. The number of aromatic nitrogens is 2. The molecule has 0 spiro atoms. The molecule has 0 radical (unpaired) electrons. The second kappa shape index (κ2) is 8.41. The molecule has 1 saturated heterocycles. The van der Waals surface area contributed by atoms with Crippen molar-refractivity contribution in [2.75, 3.05) is 28.6 Å². The maximum atomic E-state index is 4.76. The van der Waals surface area contributed by atoms with E-state index in [0.717, 1.165) is 41.2 Å². The highest BCUT2D eigenvalue weighted by Gasteiger charge is 2.11. The molecule has 5 heteroatoms. The largest absolute Gasteiger partial charge is 0.372 e. The molecule has 30 heavy (non-hydrogen) atoms. The van der Waals surface area contributed by atoms with Gasteiger partial charge in [0.05, 0.1) is 5.52 Å². The molecule has 5 rings (SSSR count). The zero-order valence-corrected chi connectivity index (χ0v) is 16.9. The highest BCUT2D eigenvalue weighted by molar-refractivity contribution is 5.92. The highest BCUT2D eigenvalue weighted by Crippen LogP contribution is 2.27. The van der Waals surface area contributed by atoms with Crippen LogP contribution in [0.1, 0.15) is 19.3 Å². The van der Waals surface area contributed by atoms with Gasteiger partial charge in [-0.15, -0.1) is 0 Å². The van der Waals surface area contributed by atoms with E-state index >= 15 is 0 Å². The van der Waals surface area contributed by atoms with Crippen molar-refractivity contribution in [3.05, 3.63) is 78.9 Å². The van der Waals surface area contributed by atoms with Crippen LogP contribution < -0.4 is 15.5 Å². The smallest absolute Gasteiger partial charge is 0.229 e. The van der Waals surface area contributed by atoms with E-state index in [9.17, 15) is 0 Å². The number of anilines is 5. The van der Waals surface area contributed by atoms with Gasteiger partial charge in [0.2, 0.25) is 5.95 Å². The zero-order chi connectivity index (χ0) is 20.2. The lowest BCUT2D eigenvalue weighted by molar-refractivity contribution is 0.578. The molecule has 0 bridgehead atoms. The van der Waals surface area contributed by atoms with Gasteiger partial charge in [-0.1, -0.05) is 30.3 Å². The topological polar surface area (TPSA) is 53.1 Å². The number of hydrogen-bond acceptors (Lipinski definition) is 5. The first-order chi connectivity index (χ1) is 14.8. The third-order valence-corrected chi connectivity index (χ3v) is 5.48. The quantitative estimate of drug-likeness (QED) is 0.427. The minimum atomic E-state index is 0.581. The van der Waals surface area contributed by atoms with Gasteiger partial charge in [0.1, 0.15) is 5.82 Å². The van der Waals surface area contributed by atoms with Gasteiger partial charge in [-0.25, -0.2) is 4.98 Å². The van der Waals surface area contributed by atoms with Crippen LogP contribution in [0.15, 0.2) is 78.9 Å². The molecule has 0 unspecified atom stereocenters. The molecule has 5 nitrogen and oxygen atoms in total. The summed E-state index contributed by atoms with van der Waals surface area (Å²) in [5.74, 6) is 1.37. The normalized spacial score (nSPS) is 13.9. The number of rotatable bonds is 5. The average Bonchev–Trinajstić information content (AvgIpc) is 2.81. The summed E-state index contributed by atoms with van der Waals surface area (Å²) in [6.07, 6.45) is 3.90. The number of nitrogens with zero attached hydrogens (tertiary/aromatic N) is 3. The number of hydrogen-bond donors (Lipinski definition) is 2. The van der Waals surface area contributed by atoms with Crippen LogP contribution in [0.2, 0.25) is 0 Å². The standard InChI is InChI=1S/C25H25N5/c1-3-9-19(10-4-1)26-24-22-11-5-6-12-23(22)28-25(29-24)27-20-13-15-21(16-14-20)30-17-7-2-8-18-30/h1,3-6,9-16H,2,7-8,17-18H2,(H2,26,27,28,29). The Morgan fingerprint density at radius 1 is 0.633 bits per heavy atom. The van der Waals surface area contributed by atoms with Gasteiger partial charge < -0.3 is 15.5 Å². The Morgan fingerprint density at radius 2 is 1.33 bits per heavy atom. The van der Waals surface area contributed by atoms with Gasteiger partial charge in [-0.3, -0.25) is 0 Å². The summed E-state index contributed by atoms with van der Waals surface area (Å²) in [7, 11) is 0. The lowest BCUT2D eigenvalue weighted by Gasteiger charge is -2.28. The van der Waals surface area contributed by atoms with Gasteiger partial charge in [0.15, 0.2) is 0 Å². The molecule has 2 N–H and O–H groups in total. The summed E-state index contributed by atoms with van der Waals surface area (Å²) >= 11 is 0. The average molecular weight is 396 g/mol. The summed E-state index contributed by atoms with van der Waals surface area (Å²) in [6, 6.07) is 26.7. The molecule has 4 aromatic rings. The fourth-order valence-corrected chi connectivity index (χ4v) is 3.92. The minimum absolute atomic E-state index is 0.581. The van der Waals surface area contributed by atoms with Crippen molar-refractivity contribution < 1.29 is 0 Å². The van der Waals surface area contributed by atoms with Crippen LogP contribution in [0.4, 0.5) is 28.8 Å². The predicted octanol–water partition coefficient (Wildman–Crippen LogP) is 6.11. The molecular formula is C25H25N5. The van der Waals surface area contributed by atoms with Crippen LogP contribution in [0.3, 0.4) is 0 Å². The van der Waals surface area contributed by atoms with E-state index in [-0.39, 0.29) is 0 Å². The van der Waals surface area contributed by atoms with Crippen molar-refractivity contribution in [3.8, 4) is 0 Å². The second-order valence-corrected chi connectivity index (χ2v) is 7.62. The lowest BCUT2D eigenvalue weighted by Crippen LogP contribution is -2.29. The fraction of sp³-hybridized carbons (Fsp3) is 0.200. The zero-order valence-electron chi connectivity index (χ0n) is 16.9. The van der Waals surface area contributed by atoms with Crippen molar-refractivity contribution >= 4 is 39.7 Å². The Kier molecular flexibility index (Phi) is 5.17. The van der Waals surface area contributed by atoms with Gasteiger partial charge in [-0.2, -0.15) is 4.98 Å². The third-order valence-electron chi connectivity index (χ3n) is 5.48. The summed E-state index contributed by atoms with van der Waals surface area (Å²) in [6.45, 7) is 2.30. The molecule has 1 aliphatic rings. The van der Waals surface area contributed by atoms with E-state index in [0.29, 0.717) is 5.95 Å². The van der Waals surface area contributed by atoms with E-state index in [1.165, 1.54) is 24.9 Å². The molecule has 0 amide bonds. The van der Waals surface area contributed by atoms with Crippen LogP contribution in [0.25, 0.3) is 10.9 Å². The van der Waals surface area contributed by atoms with Gasteiger partial charge in [-0.05, 0) is 67.8 Å². The Labute approximate surface area is 176 Å². The minimum Gasteiger partial charge on any atom is -0.372 e. The molecule has 3 aromatic carbocycles. The third kappa shape index (κ3) is 4.06. The van der Waals surface area contributed by atoms with Crippen molar-refractivity contribution in [3.63, 3.8) is 0 Å². The summed E-state index contributed by atoms with van der Waals surface area (Å²) in [5, 5.41) is 7.79. The summed E-state index contributed by atoms with van der Waals surface area (Å²) < 4.78 is 0. The number of piperidine rings is 1. The molecule has 2 heterocycles. The Balaban J connectivity index is 1.41. The number of benzene rings is 3. The van der Waals surface area contributed by atoms with Crippen LogP contribution in [-0.2, 0) is 0 Å². The van der Waals surface area contributed by atoms with Crippen LogP contribution in [-0.4, -0.2) is 23.1 Å². The second-order valence-electron chi connectivity index (χ2n) is 7.62. The lowest BCUT2D eigenvalue weighted by atomic mass is 10.1. The van der Waals surface area contributed by atoms with Crippen molar-refractivity contribution in [1.29, 1.82) is 0 Å². The maximum absolute atomic E-state index is 4.76. The van der Waals surface area contributed by atoms with Crippen molar-refractivity contribution in [1.82, 2.24) is 9.97 Å². The Bertz CT molecular complexity index is 1120. The molecule has 1 aromatic heterocycles. The van der Waals surface area contributed by atoms with Gasteiger partial charge >= 0.3 is 0 Å². The first-order valence-electron chi connectivity index (χ1n) is 10.6. The molecular weight excluding hydrogens is 370 g/mol. The number of nitrogens with one attached hydrogen (secondary N) is 2. The summed E-state index contributed by atoms with van der Waals surface area (Å²) in [4.78, 5) is 11.9. The predicted molar refractivity (Wildman–Crippen MR) is 125 cm³/mol. The summed E-state index contributed by atoms with van der Waals surface area (Å²) in [5.41, 5.74) is 4.17. The molecule has 1 fully saturated rings. The van der Waals surface area contributed by atoms with Crippen molar-refractivity contribution in [2.45, 2.75) is 19.3 Å². The van der Waals surface area contributed by atoms with Crippen LogP contribution in [0.5, 0.6) is 0 Å². The number of fused-ring (bicyclic) bond motifs is 1. The highest BCUT2D eigenvalue weighted by atomic mass is 15.2. The van der Waals surface area contributed by atoms with E-state index in [2.05, 4.69) is 39.8 Å². The Hall–Kier alpha value is -3.60.